The van der Waals surface area contributed by atoms with Crippen LogP contribution >= 0.6 is 11.3 Å². The second-order valence-corrected chi connectivity index (χ2v) is 7.51. The van der Waals surface area contributed by atoms with Crippen molar-refractivity contribution < 1.29 is 9.90 Å². The first kappa shape index (κ1) is 18.5. The Kier molecular flexibility index (Phi) is 5.27. The van der Waals surface area contributed by atoms with Gasteiger partial charge in [0.05, 0.1) is 15.9 Å². The first-order valence-electron chi connectivity index (χ1n) is 9.14. The Hall–Kier alpha value is -2.90. The van der Waals surface area contributed by atoms with Crippen LogP contribution in [0.2, 0.25) is 0 Å². The number of para-hydroxylation sites is 1. The maximum atomic E-state index is 13.3. The molecule has 142 valence electrons. The monoisotopic (exact) mass is 392 g/mol. The number of aliphatic imine (C=N–C) groups is 1. The van der Waals surface area contributed by atoms with Gasteiger partial charge in [-0.1, -0.05) is 53.8 Å². The summed E-state index contributed by atoms with van der Waals surface area (Å²) in [5.41, 5.74) is 3.12. The molecule has 0 saturated carbocycles. The number of hydrazone groups is 1. The molecular formula is C21H20N4O2S. The molecule has 1 atom stereocenters. The van der Waals surface area contributed by atoms with Crippen LogP contribution in [0.4, 0.5) is 5.13 Å². The van der Waals surface area contributed by atoms with E-state index in [-0.39, 0.29) is 12.5 Å². The number of carbonyl (C=O) groups excluding carboxylic acids is 1. The number of aliphatic hydroxyl groups is 1. The van der Waals surface area contributed by atoms with Crippen molar-refractivity contribution in [3.8, 4) is 0 Å². The number of amides is 1. The molecule has 1 aliphatic rings. The zero-order valence-corrected chi connectivity index (χ0v) is 16.3. The molecule has 7 heteroatoms. The van der Waals surface area contributed by atoms with Gasteiger partial charge in [-0.15, -0.1) is 0 Å². The first-order chi connectivity index (χ1) is 13.7. The Morgan fingerprint density at radius 1 is 1.18 bits per heavy atom. The van der Waals surface area contributed by atoms with E-state index in [1.165, 1.54) is 16.3 Å². The average molecular weight is 392 g/mol. The molecule has 1 aliphatic heterocycles. The Bertz CT molecular complexity index is 1030. The Labute approximate surface area is 166 Å². The SMILES string of the molecule is CC(=NCCCO)C1C(=O)N(c2nc3ccccc3s2)N=C1c1ccccc1. The number of aromatic nitrogens is 1. The highest BCUT2D eigenvalue weighted by molar-refractivity contribution is 7.22. The van der Waals surface area contributed by atoms with Gasteiger partial charge in [-0.3, -0.25) is 9.79 Å². The molecule has 1 N–H and O–H groups in total. The van der Waals surface area contributed by atoms with Crippen LogP contribution < -0.4 is 5.01 Å². The summed E-state index contributed by atoms with van der Waals surface area (Å²) in [7, 11) is 0. The lowest BCUT2D eigenvalue weighted by Crippen LogP contribution is -2.32. The van der Waals surface area contributed by atoms with E-state index < -0.39 is 5.92 Å². The van der Waals surface area contributed by atoms with Crippen LogP contribution in [0.3, 0.4) is 0 Å². The molecule has 2 heterocycles. The summed E-state index contributed by atoms with van der Waals surface area (Å²) < 4.78 is 1.01. The molecule has 1 amide bonds. The molecule has 0 radical (unpaired) electrons. The minimum atomic E-state index is -0.548. The second kappa shape index (κ2) is 8.00. The van der Waals surface area contributed by atoms with Crippen molar-refractivity contribution >= 4 is 44.0 Å². The van der Waals surface area contributed by atoms with Gasteiger partial charge in [0.1, 0.15) is 5.92 Å². The van der Waals surface area contributed by atoms with Crippen molar-refractivity contribution in [2.24, 2.45) is 16.0 Å². The fourth-order valence-electron chi connectivity index (χ4n) is 3.17. The van der Waals surface area contributed by atoms with Crippen LogP contribution in [0.5, 0.6) is 0 Å². The molecule has 0 saturated heterocycles. The van der Waals surface area contributed by atoms with Gasteiger partial charge in [0.15, 0.2) is 0 Å². The standard InChI is InChI=1S/C21H20N4O2S/c1-14(22-12-7-13-26)18-19(15-8-3-2-4-9-15)24-25(20(18)27)21-23-16-10-5-6-11-17(16)28-21/h2-6,8-11,18,26H,7,12-13H2,1H3. The molecule has 2 aromatic carbocycles. The van der Waals surface area contributed by atoms with Gasteiger partial charge in [0.25, 0.3) is 5.91 Å². The Morgan fingerprint density at radius 3 is 2.68 bits per heavy atom. The lowest BCUT2D eigenvalue weighted by Gasteiger charge is -2.12. The maximum absolute atomic E-state index is 13.3. The molecule has 6 nitrogen and oxygen atoms in total. The highest BCUT2D eigenvalue weighted by Crippen LogP contribution is 2.33. The van der Waals surface area contributed by atoms with E-state index in [1.54, 1.807) is 0 Å². The number of anilines is 1. The van der Waals surface area contributed by atoms with Crippen LogP contribution in [-0.4, -0.2) is 40.6 Å². The highest BCUT2D eigenvalue weighted by atomic mass is 32.1. The van der Waals surface area contributed by atoms with E-state index in [2.05, 4.69) is 15.1 Å². The van der Waals surface area contributed by atoms with Gasteiger partial charge < -0.3 is 5.11 Å². The Morgan fingerprint density at radius 2 is 1.93 bits per heavy atom. The third kappa shape index (κ3) is 3.46. The number of rotatable bonds is 6. The fourth-order valence-corrected chi connectivity index (χ4v) is 4.09. The molecular weight excluding hydrogens is 372 g/mol. The van der Waals surface area contributed by atoms with Crippen molar-refractivity contribution in [2.45, 2.75) is 13.3 Å². The minimum Gasteiger partial charge on any atom is -0.396 e. The van der Waals surface area contributed by atoms with Crippen LogP contribution in [0, 0.1) is 5.92 Å². The van der Waals surface area contributed by atoms with Gasteiger partial charge in [-0.2, -0.15) is 10.1 Å². The molecule has 4 rings (SSSR count). The van der Waals surface area contributed by atoms with Crippen molar-refractivity contribution in [3.05, 3.63) is 60.2 Å². The van der Waals surface area contributed by atoms with E-state index >= 15 is 0 Å². The van der Waals surface area contributed by atoms with Crippen LogP contribution in [-0.2, 0) is 4.79 Å². The number of thiazole rings is 1. The van der Waals surface area contributed by atoms with E-state index in [9.17, 15) is 4.79 Å². The number of hydrogen-bond donors (Lipinski definition) is 1. The third-order valence-electron chi connectivity index (χ3n) is 4.57. The van der Waals surface area contributed by atoms with E-state index in [0.29, 0.717) is 29.5 Å². The van der Waals surface area contributed by atoms with E-state index in [4.69, 9.17) is 5.11 Å². The summed E-state index contributed by atoms with van der Waals surface area (Å²) >= 11 is 1.44. The van der Waals surface area contributed by atoms with Crippen molar-refractivity contribution in [2.75, 3.05) is 18.2 Å². The fraction of sp³-hybridized carbons (Fsp3) is 0.238. The summed E-state index contributed by atoms with van der Waals surface area (Å²) in [6, 6.07) is 17.5. The van der Waals surface area contributed by atoms with Crippen LogP contribution in [0.15, 0.2) is 64.7 Å². The predicted molar refractivity (Wildman–Crippen MR) is 113 cm³/mol. The van der Waals surface area contributed by atoms with Gasteiger partial charge in [-0.25, -0.2) is 4.98 Å². The maximum Gasteiger partial charge on any atom is 0.264 e. The topological polar surface area (TPSA) is 78.2 Å². The Balaban J connectivity index is 1.75. The average Bonchev–Trinajstić information content (AvgIpc) is 3.29. The smallest absolute Gasteiger partial charge is 0.264 e. The molecule has 28 heavy (non-hydrogen) atoms. The molecule has 1 unspecified atom stereocenters. The lowest BCUT2D eigenvalue weighted by molar-refractivity contribution is -0.118. The van der Waals surface area contributed by atoms with Gasteiger partial charge in [0, 0.05) is 18.9 Å². The second-order valence-electron chi connectivity index (χ2n) is 6.50. The zero-order valence-electron chi connectivity index (χ0n) is 15.4. The quantitative estimate of drug-likeness (QED) is 0.515. The molecule has 1 aromatic heterocycles. The molecule has 0 aliphatic carbocycles. The molecule has 0 fully saturated rings. The van der Waals surface area contributed by atoms with Crippen LogP contribution in [0.25, 0.3) is 10.2 Å². The largest absolute Gasteiger partial charge is 0.396 e. The minimum absolute atomic E-state index is 0.0762. The van der Waals surface area contributed by atoms with Gasteiger partial charge in [0.2, 0.25) is 5.13 Å². The summed E-state index contributed by atoms with van der Waals surface area (Å²) in [4.78, 5) is 22.4. The predicted octanol–water partition coefficient (Wildman–Crippen LogP) is 3.51. The highest BCUT2D eigenvalue weighted by Gasteiger charge is 2.40. The summed E-state index contributed by atoms with van der Waals surface area (Å²) in [5, 5.41) is 15.6. The number of nitrogens with zero attached hydrogens (tertiary/aromatic N) is 4. The lowest BCUT2D eigenvalue weighted by atomic mass is 9.93. The zero-order chi connectivity index (χ0) is 19.5. The first-order valence-corrected chi connectivity index (χ1v) is 9.96. The summed E-state index contributed by atoms with van der Waals surface area (Å²) in [6.45, 7) is 2.41. The number of carbonyl (C=O) groups is 1. The van der Waals surface area contributed by atoms with Gasteiger partial charge in [-0.05, 0) is 31.0 Å². The van der Waals surface area contributed by atoms with Crippen molar-refractivity contribution in [1.29, 1.82) is 0 Å². The number of fused-ring (bicyclic) bond motifs is 1. The van der Waals surface area contributed by atoms with E-state index in [1.807, 2.05) is 61.5 Å². The molecule has 3 aromatic rings. The van der Waals surface area contributed by atoms with Gasteiger partial charge >= 0.3 is 0 Å². The summed E-state index contributed by atoms with van der Waals surface area (Å²) in [5.74, 6) is -0.698. The third-order valence-corrected chi connectivity index (χ3v) is 5.58. The van der Waals surface area contributed by atoms with Crippen LogP contribution in [0.1, 0.15) is 18.9 Å². The molecule has 0 spiro atoms. The van der Waals surface area contributed by atoms with Crippen molar-refractivity contribution in [1.82, 2.24) is 4.98 Å². The van der Waals surface area contributed by atoms with Crippen molar-refractivity contribution in [3.63, 3.8) is 0 Å². The number of benzene rings is 2. The number of aliphatic hydroxyl groups excluding tert-OH is 1. The molecule has 0 bridgehead atoms. The number of hydrogen-bond acceptors (Lipinski definition) is 6. The van der Waals surface area contributed by atoms with E-state index in [0.717, 1.165) is 15.8 Å². The normalized spacial score (nSPS) is 17.4. The summed E-state index contributed by atoms with van der Waals surface area (Å²) in [6.07, 6.45) is 0.567.